The van der Waals surface area contributed by atoms with E-state index in [0.29, 0.717) is 11.7 Å². The molecule has 6 nitrogen and oxygen atoms in total. The van der Waals surface area contributed by atoms with Gasteiger partial charge in [0.25, 0.3) is 0 Å². The zero-order chi connectivity index (χ0) is 14.1. The minimum absolute atomic E-state index is 0.494. The smallest absolute Gasteiger partial charge is 0.200 e. The molecule has 0 aliphatic carbocycles. The van der Waals surface area contributed by atoms with E-state index in [-0.39, 0.29) is 0 Å². The molecule has 6 heteroatoms. The van der Waals surface area contributed by atoms with Crippen molar-refractivity contribution in [2.24, 2.45) is 0 Å². The Balaban J connectivity index is 1.60. The fraction of sp³-hybridized carbons (Fsp3) is 0.333. The van der Waals surface area contributed by atoms with Gasteiger partial charge in [-0.1, -0.05) is 30.3 Å². The fourth-order valence-electron chi connectivity index (χ4n) is 3.03. The SMILES string of the molecule is c1ccc(CC2CCCN2c2ccc3nnnn3n2)cc1. The van der Waals surface area contributed by atoms with Crippen molar-refractivity contribution in [1.29, 1.82) is 0 Å². The third-order valence-electron chi connectivity index (χ3n) is 4.04. The van der Waals surface area contributed by atoms with Crippen molar-refractivity contribution in [3.05, 3.63) is 48.0 Å². The Kier molecular flexibility index (Phi) is 2.99. The zero-order valence-corrected chi connectivity index (χ0v) is 11.6. The fourth-order valence-corrected chi connectivity index (χ4v) is 3.03. The van der Waals surface area contributed by atoms with Crippen molar-refractivity contribution in [1.82, 2.24) is 25.3 Å². The summed E-state index contributed by atoms with van der Waals surface area (Å²) in [4.78, 5) is 2.37. The monoisotopic (exact) mass is 280 g/mol. The number of fused-ring (bicyclic) bond motifs is 1. The molecule has 1 aliphatic heterocycles. The van der Waals surface area contributed by atoms with Gasteiger partial charge in [0.05, 0.1) is 0 Å². The Bertz CT molecular complexity index is 738. The molecule has 0 radical (unpaired) electrons. The summed E-state index contributed by atoms with van der Waals surface area (Å²) in [6, 6.07) is 15.1. The summed E-state index contributed by atoms with van der Waals surface area (Å²) < 4.78 is 1.49. The van der Waals surface area contributed by atoms with Gasteiger partial charge < -0.3 is 4.90 Å². The first kappa shape index (κ1) is 12.3. The van der Waals surface area contributed by atoms with Crippen LogP contribution in [0.5, 0.6) is 0 Å². The van der Waals surface area contributed by atoms with E-state index < -0.39 is 0 Å². The van der Waals surface area contributed by atoms with Gasteiger partial charge >= 0.3 is 0 Å². The van der Waals surface area contributed by atoms with Gasteiger partial charge in [-0.15, -0.1) is 14.8 Å². The molecule has 2 aromatic heterocycles. The van der Waals surface area contributed by atoms with E-state index >= 15 is 0 Å². The summed E-state index contributed by atoms with van der Waals surface area (Å²) in [6.45, 7) is 1.04. The second kappa shape index (κ2) is 5.12. The Morgan fingerprint density at radius 2 is 2.00 bits per heavy atom. The molecule has 3 heterocycles. The molecule has 1 aromatic carbocycles. The molecule has 0 spiro atoms. The summed E-state index contributed by atoms with van der Waals surface area (Å²) in [5.74, 6) is 0.952. The third-order valence-corrected chi connectivity index (χ3v) is 4.04. The lowest BCUT2D eigenvalue weighted by atomic mass is 10.0. The van der Waals surface area contributed by atoms with E-state index in [0.717, 1.165) is 18.8 Å². The molecule has 3 aromatic rings. The number of hydrogen-bond donors (Lipinski definition) is 0. The van der Waals surface area contributed by atoms with Crippen molar-refractivity contribution in [2.75, 3.05) is 11.4 Å². The van der Waals surface area contributed by atoms with Crippen LogP contribution in [0.3, 0.4) is 0 Å². The minimum Gasteiger partial charge on any atom is -0.352 e. The van der Waals surface area contributed by atoms with Crippen molar-refractivity contribution < 1.29 is 0 Å². The molecule has 1 atom stereocenters. The van der Waals surface area contributed by atoms with Crippen LogP contribution in [0.2, 0.25) is 0 Å². The number of aromatic nitrogens is 5. The van der Waals surface area contributed by atoms with Crippen LogP contribution in [-0.2, 0) is 6.42 Å². The first-order valence-corrected chi connectivity index (χ1v) is 7.26. The van der Waals surface area contributed by atoms with Gasteiger partial charge in [0.15, 0.2) is 11.5 Å². The molecule has 21 heavy (non-hydrogen) atoms. The van der Waals surface area contributed by atoms with E-state index in [1.165, 1.54) is 23.0 Å². The summed E-state index contributed by atoms with van der Waals surface area (Å²) in [5, 5.41) is 15.9. The van der Waals surface area contributed by atoms with E-state index in [1.807, 2.05) is 12.1 Å². The second-order valence-electron chi connectivity index (χ2n) is 5.40. The van der Waals surface area contributed by atoms with Crippen molar-refractivity contribution in [3.8, 4) is 0 Å². The summed E-state index contributed by atoms with van der Waals surface area (Å²) in [6.07, 6.45) is 3.45. The number of benzene rings is 1. The van der Waals surface area contributed by atoms with E-state index in [1.54, 1.807) is 0 Å². The molecule has 1 unspecified atom stereocenters. The Hall–Kier alpha value is -2.50. The Labute approximate surface area is 122 Å². The number of rotatable bonds is 3. The molecule has 106 valence electrons. The molecule has 0 bridgehead atoms. The highest BCUT2D eigenvalue weighted by molar-refractivity contribution is 5.46. The number of hydrogen-bond acceptors (Lipinski definition) is 5. The minimum atomic E-state index is 0.494. The molecule has 4 rings (SSSR count). The normalized spacial score (nSPS) is 18.5. The van der Waals surface area contributed by atoms with Gasteiger partial charge in [0.2, 0.25) is 0 Å². The average molecular weight is 280 g/mol. The maximum absolute atomic E-state index is 4.52. The first-order chi connectivity index (χ1) is 10.4. The summed E-state index contributed by atoms with van der Waals surface area (Å²) in [5.41, 5.74) is 2.05. The highest BCUT2D eigenvalue weighted by Gasteiger charge is 2.26. The first-order valence-electron chi connectivity index (χ1n) is 7.26. The summed E-state index contributed by atoms with van der Waals surface area (Å²) >= 11 is 0. The average Bonchev–Trinajstić information content (AvgIpc) is 3.16. The van der Waals surface area contributed by atoms with E-state index in [4.69, 9.17) is 0 Å². The maximum Gasteiger partial charge on any atom is 0.200 e. The van der Waals surface area contributed by atoms with Crippen LogP contribution in [0.4, 0.5) is 5.82 Å². The van der Waals surface area contributed by atoms with Crippen molar-refractivity contribution in [2.45, 2.75) is 25.3 Å². The second-order valence-corrected chi connectivity index (χ2v) is 5.40. The van der Waals surface area contributed by atoms with Gasteiger partial charge in [-0.05, 0) is 47.4 Å². The van der Waals surface area contributed by atoms with E-state index in [9.17, 15) is 0 Å². The van der Waals surface area contributed by atoms with Crippen molar-refractivity contribution >= 4 is 11.5 Å². The lowest BCUT2D eigenvalue weighted by molar-refractivity contribution is 0.643. The van der Waals surface area contributed by atoms with Gasteiger partial charge in [0, 0.05) is 12.6 Å². The highest BCUT2D eigenvalue weighted by atomic mass is 15.6. The Morgan fingerprint density at radius 3 is 2.90 bits per heavy atom. The highest BCUT2D eigenvalue weighted by Crippen LogP contribution is 2.26. The lowest BCUT2D eigenvalue weighted by Gasteiger charge is -2.25. The molecule has 1 fully saturated rings. The lowest BCUT2D eigenvalue weighted by Crippen LogP contribution is -2.32. The van der Waals surface area contributed by atoms with Gasteiger partial charge in [-0.2, -0.15) is 0 Å². The molecular weight excluding hydrogens is 264 g/mol. The van der Waals surface area contributed by atoms with Gasteiger partial charge in [0.1, 0.15) is 0 Å². The molecule has 0 saturated carbocycles. The van der Waals surface area contributed by atoms with Crippen molar-refractivity contribution in [3.63, 3.8) is 0 Å². The predicted octanol–water partition coefficient (Wildman–Crippen LogP) is 1.73. The van der Waals surface area contributed by atoms with Crippen LogP contribution in [0.1, 0.15) is 18.4 Å². The van der Waals surface area contributed by atoms with Gasteiger partial charge in [-0.25, -0.2) is 0 Å². The van der Waals surface area contributed by atoms with Crippen LogP contribution in [-0.4, -0.2) is 37.8 Å². The summed E-state index contributed by atoms with van der Waals surface area (Å²) in [7, 11) is 0. The molecule has 0 N–H and O–H groups in total. The van der Waals surface area contributed by atoms with Crippen LogP contribution in [0.15, 0.2) is 42.5 Å². The topological polar surface area (TPSA) is 59.2 Å². The van der Waals surface area contributed by atoms with Crippen LogP contribution >= 0.6 is 0 Å². The molecular formula is C15H16N6. The third kappa shape index (κ3) is 2.33. The maximum atomic E-state index is 4.52. The van der Waals surface area contributed by atoms with Crippen LogP contribution in [0.25, 0.3) is 5.65 Å². The standard InChI is InChI=1S/C15H16N6/c1-2-5-12(6-3-1)11-13-7-4-10-20(13)15-9-8-14-16-18-19-21(14)17-15/h1-3,5-6,8-9,13H,4,7,10-11H2. The largest absolute Gasteiger partial charge is 0.352 e. The molecule has 0 amide bonds. The van der Waals surface area contributed by atoms with Crippen LogP contribution < -0.4 is 4.90 Å². The molecule has 1 aliphatic rings. The zero-order valence-electron chi connectivity index (χ0n) is 11.6. The number of tetrazole rings is 1. The predicted molar refractivity (Wildman–Crippen MR) is 79.1 cm³/mol. The Morgan fingerprint density at radius 1 is 1.10 bits per heavy atom. The van der Waals surface area contributed by atoms with Gasteiger partial charge in [-0.3, -0.25) is 0 Å². The van der Waals surface area contributed by atoms with E-state index in [2.05, 4.69) is 55.9 Å². The quantitative estimate of drug-likeness (QED) is 0.731. The number of nitrogens with zero attached hydrogens (tertiary/aromatic N) is 6. The molecule has 1 saturated heterocycles. The van der Waals surface area contributed by atoms with Crippen LogP contribution in [0, 0.1) is 0 Å². The number of anilines is 1.